The van der Waals surface area contributed by atoms with Crippen LogP contribution in [0.15, 0.2) is 24.3 Å². The second-order valence-corrected chi connectivity index (χ2v) is 7.40. The Morgan fingerprint density at radius 1 is 1.11 bits per heavy atom. The van der Waals surface area contributed by atoms with Gasteiger partial charge in [0.2, 0.25) is 5.91 Å². The first kappa shape index (κ1) is 18.8. The summed E-state index contributed by atoms with van der Waals surface area (Å²) in [6.45, 7) is 4.64. The molecule has 2 aliphatic rings. The SMILES string of the molecule is CC(=O)CC(C)(C)OC(=O)CC1NC(=O)C1N1C(=O)c2ccccc2C1=O. The molecule has 0 spiro atoms. The third-order valence-corrected chi connectivity index (χ3v) is 4.53. The van der Waals surface area contributed by atoms with Gasteiger partial charge in [-0.1, -0.05) is 12.1 Å². The molecular weight excluding hydrogens is 352 g/mol. The summed E-state index contributed by atoms with van der Waals surface area (Å²) in [5, 5.41) is 2.54. The number of imide groups is 1. The van der Waals surface area contributed by atoms with E-state index in [9.17, 15) is 24.0 Å². The molecule has 1 fully saturated rings. The van der Waals surface area contributed by atoms with Gasteiger partial charge in [-0.2, -0.15) is 0 Å². The minimum absolute atomic E-state index is 0.0671. The average molecular weight is 372 g/mol. The van der Waals surface area contributed by atoms with E-state index in [1.165, 1.54) is 19.1 Å². The van der Waals surface area contributed by atoms with Crippen LogP contribution in [-0.2, 0) is 19.1 Å². The number of fused-ring (bicyclic) bond motifs is 1. The summed E-state index contributed by atoms with van der Waals surface area (Å²) in [5.41, 5.74) is -0.487. The zero-order chi connectivity index (χ0) is 19.9. The predicted molar refractivity (Wildman–Crippen MR) is 92.7 cm³/mol. The Bertz CT molecular complexity index is 825. The molecule has 8 heteroatoms. The van der Waals surface area contributed by atoms with Crippen LogP contribution in [0.1, 0.15) is 54.3 Å². The molecule has 2 heterocycles. The zero-order valence-electron chi connectivity index (χ0n) is 15.3. The van der Waals surface area contributed by atoms with Gasteiger partial charge in [0.1, 0.15) is 17.4 Å². The van der Waals surface area contributed by atoms with Crippen LogP contribution in [0, 0.1) is 0 Å². The van der Waals surface area contributed by atoms with Gasteiger partial charge in [-0.15, -0.1) is 0 Å². The van der Waals surface area contributed by atoms with Crippen LogP contribution in [0.2, 0.25) is 0 Å². The number of esters is 1. The van der Waals surface area contributed by atoms with E-state index in [0.717, 1.165) is 4.90 Å². The smallest absolute Gasteiger partial charge is 0.308 e. The van der Waals surface area contributed by atoms with Gasteiger partial charge in [0, 0.05) is 6.42 Å². The Morgan fingerprint density at radius 2 is 1.67 bits per heavy atom. The largest absolute Gasteiger partial charge is 0.459 e. The molecule has 1 aromatic carbocycles. The molecule has 2 atom stereocenters. The van der Waals surface area contributed by atoms with Crippen molar-refractivity contribution in [3.63, 3.8) is 0 Å². The number of rotatable bonds is 6. The number of Topliss-reactive ketones (excluding diaryl/α,β-unsaturated/α-hetero) is 1. The monoisotopic (exact) mass is 372 g/mol. The molecule has 0 saturated carbocycles. The quantitative estimate of drug-likeness (QED) is 0.450. The fourth-order valence-electron chi connectivity index (χ4n) is 3.52. The van der Waals surface area contributed by atoms with E-state index in [1.54, 1.807) is 26.0 Å². The normalized spacial score (nSPS) is 21.4. The lowest BCUT2D eigenvalue weighted by atomic mass is 9.93. The van der Waals surface area contributed by atoms with E-state index in [4.69, 9.17) is 4.74 Å². The van der Waals surface area contributed by atoms with Gasteiger partial charge in [-0.05, 0) is 32.9 Å². The molecule has 0 bridgehead atoms. The highest BCUT2D eigenvalue weighted by Crippen LogP contribution is 2.29. The average Bonchev–Trinajstić information content (AvgIpc) is 2.78. The molecule has 2 aliphatic heterocycles. The van der Waals surface area contributed by atoms with E-state index in [-0.39, 0.29) is 29.8 Å². The molecule has 142 valence electrons. The van der Waals surface area contributed by atoms with E-state index >= 15 is 0 Å². The molecule has 0 aliphatic carbocycles. The minimum Gasteiger partial charge on any atom is -0.459 e. The number of carbonyl (C=O) groups is 5. The lowest BCUT2D eigenvalue weighted by Gasteiger charge is -2.40. The highest BCUT2D eigenvalue weighted by molar-refractivity contribution is 6.23. The van der Waals surface area contributed by atoms with Crippen LogP contribution in [-0.4, -0.2) is 52.1 Å². The first-order chi connectivity index (χ1) is 12.6. The van der Waals surface area contributed by atoms with Crippen molar-refractivity contribution in [2.45, 2.75) is 51.3 Å². The number of nitrogens with one attached hydrogen (secondary N) is 1. The minimum atomic E-state index is -1.05. The van der Waals surface area contributed by atoms with Gasteiger partial charge < -0.3 is 10.1 Å². The first-order valence-corrected chi connectivity index (χ1v) is 8.59. The van der Waals surface area contributed by atoms with Crippen molar-refractivity contribution < 1.29 is 28.7 Å². The van der Waals surface area contributed by atoms with Crippen LogP contribution < -0.4 is 5.32 Å². The maximum Gasteiger partial charge on any atom is 0.308 e. The number of hydrogen-bond acceptors (Lipinski definition) is 6. The molecular formula is C19H20N2O6. The van der Waals surface area contributed by atoms with Gasteiger partial charge in [0.15, 0.2) is 0 Å². The maximum atomic E-state index is 12.5. The van der Waals surface area contributed by atoms with Gasteiger partial charge in [-0.3, -0.25) is 28.9 Å². The topological polar surface area (TPSA) is 110 Å². The number of benzene rings is 1. The van der Waals surface area contributed by atoms with E-state index < -0.39 is 41.4 Å². The molecule has 1 saturated heterocycles. The third-order valence-electron chi connectivity index (χ3n) is 4.53. The molecule has 2 unspecified atom stereocenters. The summed E-state index contributed by atoms with van der Waals surface area (Å²) < 4.78 is 5.32. The van der Waals surface area contributed by atoms with Crippen molar-refractivity contribution >= 4 is 29.5 Å². The number of ketones is 1. The molecule has 8 nitrogen and oxygen atoms in total. The predicted octanol–water partition coefficient (Wildman–Crippen LogP) is 0.841. The first-order valence-electron chi connectivity index (χ1n) is 8.59. The maximum absolute atomic E-state index is 12.5. The highest BCUT2D eigenvalue weighted by atomic mass is 16.6. The Hall–Kier alpha value is -3.03. The van der Waals surface area contributed by atoms with Crippen molar-refractivity contribution in [1.29, 1.82) is 0 Å². The summed E-state index contributed by atoms with van der Waals surface area (Å²) in [4.78, 5) is 61.5. The molecule has 0 aromatic heterocycles. The van der Waals surface area contributed by atoms with Crippen molar-refractivity contribution in [1.82, 2.24) is 10.2 Å². The lowest BCUT2D eigenvalue weighted by molar-refractivity contribution is -0.160. The number of hydrogen-bond donors (Lipinski definition) is 1. The summed E-state index contributed by atoms with van der Waals surface area (Å²) in [6, 6.07) is 4.56. The molecule has 1 aromatic rings. The van der Waals surface area contributed by atoms with Gasteiger partial charge in [0.25, 0.3) is 11.8 Å². The van der Waals surface area contributed by atoms with Crippen molar-refractivity contribution in [3.05, 3.63) is 35.4 Å². The van der Waals surface area contributed by atoms with E-state index in [1.807, 2.05) is 0 Å². The number of β-lactam (4-membered cyclic amide) rings is 1. The van der Waals surface area contributed by atoms with Gasteiger partial charge in [-0.25, -0.2) is 0 Å². The number of ether oxygens (including phenoxy) is 1. The van der Waals surface area contributed by atoms with Crippen molar-refractivity contribution in [2.75, 3.05) is 0 Å². The number of nitrogens with zero attached hydrogens (tertiary/aromatic N) is 1. The fourth-order valence-corrected chi connectivity index (χ4v) is 3.52. The summed E-state index contributed by atoms with van der Waals surface area (Å²) in [7, 11) is 0. The molecule has 1 N–H and O–H groups in total. The fraction of sp³-hybridized carbons (Fsp3) is 0.421. The second kappa shape index (κ2) is 6.61. The highest BCUT2D eigenvalue weighted by Gasteiger charge is 2.52. The standard InChI is InChI=1S/C19H20N2O6/c1-10(22)9-19(2,3)27-14(23)8-13-15(16(24)20-13)21-17(25)11-6-4-5-7-12(11)18(21)26/h4-7,13,15H,8-9H2,1-3H3,(H,20,24). The van der Waals surface area contributed by atoms with Gasteiger partial charge >= 0.3 is 5.97 Å². The number of amides is 3. The van der Waals surface area contributed by atoms with Crippen LogP contribution in [0.5, 0.6) is 0 Å². The zero-order valence-corrected chi connectivity index (χ0v) is 15.3. The summed E-state index contributed by atoms with van der Waals surface area (Å²) in [5.74, 6) is -2.33. The van der Waals surface area contributed by atoms with Crippen LogP contribution >= 0.6 is 0 Å². The van der Waals surface area contributed by atoms with Crippen molar-refractivity contribution in [2.24, 2.45) is 0 Å². The Kier molecular flexibility index (Phi) is 4.59. The third kappa shape index (κ3) is 3.47. The Balaban J connectivity index is 1.70. The second-order valence-electron chi connectivity index (χ2n) is 7.40. The Morgan fingerprint density at radius 3 is 2.15 bits per heavy atom. The molecule has 3 rings (SSSR count). The molecule has 27 heavy (non-hydrogen) atoms. The molecule has 3 amide bonds. The van der Waals surface area contributed by atoms with E-state index in [0.29, 0.717) is 0 Å². The van der Waals surface area contributed by atoms with Gasteiger partial charge in [0.05, 0.1) is 23.6 Å². The Labute approximate surface area is 155 Å². The summed E-state index contributed by atoms with van der Waals surface area (Å²) in [6.07, 6.45) is -0.136. The lowest BCUT2D eigenvalue weighted by Crippen LogP contribution is -2.70. The van der Waals surface area contributed by atoms with Crippen LogP contribution in [0.3, 0.4) is 0 Å². The van der Waals surface area contributed by atoms with Crippen LogP contribution in [0.25, 0.3) is 0 Å². The van der Waals surface area contributed by atoms with Crippen LogP contribution in [0.4, 0.5) is 0 Å². The van der Waals surface area contributed by atoms with Crippen molar-refractivity contribution in [3.8, 4) is 0 Å². The molecule has 0 radical (unpaired) electrons. The number of carbonyl (C=O) groups excluding carboxylic acids is 5. The summed E-state index contributed by atoms with van der Waals surface area (Å²) >= 11 is 0. The van der Waals surface area contributed by atoms with E-state index in [2.05, 4.69) is 5.32 Å².